The SMILES string of the molecule is COC(=O)C(C)(Cl)Cc1ccc(OCc2ccccc2F)cc1. The van der Waals surface area contributed by atoms with Crippen LogP contribution in [0.2, 0.25) is 0 Å². The molecule has 0 saturated heterocycles. The number of ether oxygens (including phenoxy) is 2. The highest BCUT2D eigenvalue weighted by molar-refractivity contribution is 6.33. The molecule has 0 heterocycles. The molecule has 0 radical (unpaired) electrons. The first kappa shape index (κ1) is 17.3. The van der Waals surface area contributed by atoms with Crippen LogP contribution in [0.5, 0.6) is 5.75 Å². The minimum Gasteiger partial charge on any atom is -0.489 e. The van der Waals surface area contributed by atoms with Gasteiger partial charge < -0.3 is 9.47 Å². The van der Waals surface area contributed by atoms with E-state index in [0.717, 1.165) is 5.56 Å². The van der Waals surface area contributed by atoms with E-state index in [9.17, 15) is 9.18 Å². The Morgan fingerprint density at radius 2 is 1.83 bits per heavy atom. The molecule has 1 atom stereocenters. The summed E-state index contributed by atoms with van der Waals surface area (Å²) in [5.41, 5.74) is 1.38. The summed E-state index contributed by atoms with van der Waals surface area (Å²) in [7, 11) is 1.31. The molecule has 1 unspecified atom stereocenters. The molecule has 0 saturated carbocycles. The summed E-state index contributed by atoms with van der Waals surface area (Å²) < 4.78 is 23.8. The zero-order valence-corrected chi connectivity index (χ0v) is 13.8. The highest BCUT2D eigenvalue weighted by atomic mass is 35.5. The van der Waals surface area contributed by atoms with Gasteiger partial charge in [-0.25, -0.2) is 4.39 Å². The Hall–Kier alpha value is -2.07. The van der Waals surface area contributed by atoms with Gasteiger partial charge in [0.25, 0.3) is 0 Å². The third kappa shape index (κ3) is 4.70. The number of carbonyl (C=O) groups excluding carboxylic acids is 1. The maximum absolute atomic E-state index is 13.5. The van der Waals surface area contributed by atoms with Crippen LogP contribution in [0.4, 0.5) is 4.39 Å². The van der Waals surface area contributed by atoms with Crippen molar-refractivity contribution in [2.45, 2.75) is 24.8 Å². The molecule has 2 aromatic carbocycles. The van der Waals surface area contributed by atoms with Crippen LogP contribution in [0.1, 0.15) is 18.1 Å². The summed E-state index contributed by atoms with van der Waals surface area (Å²) in [6.07, 6.45) is 0.342. The average molecular weight is 337 g/mol. The molecule has 0 aromatic heterocycles. The molecule has 0 amide bonds. The molecule has 0 bridgehead atoms. The van der Waals surface area contributed by atoms with Gasteiger partial charge in [0, 0.05) is 12.0 Å². The molecule has 0 aliphatic heterocycles. The highest BCUT2D eigenvalue weighted by Crippen LogP contribution is 2.24. The maximum Gasteiger partial charge on any atom is 0.326 e. The van der Waals surface area contributed by atoms with Crippen molar-refractivity contribution in [2.75, 3.05) is 7.11 Å². The maximum atomic E-state index is 13.5. The van der Waals surface area contributed by atoms with Crippen LogP contribution in [0.3, 0.4) is 0 Å². The summed E-state index contributed by atoms with van der Waals surface area (Å²) in [5, 5.41) is 0. The Balaban J connectivity index is 1.97. The van der Waals surface area contributed by atoms with Crippen molar-refractivity contribution in [3.63, 3.8) is 0 Å². The van der Waals surface area contributed by atoms with E-state index in [-0.39, 0.29) is 12.4 Å². The van der Waals surface area contributed by atoms with Crippen LogP contribution in [-0.4, -0.2) is 18.0 Å². The lowest BCUT2D eigenvalue weighted by molar-refractivity contribution is -0.143. The molecule has 3 nitrogen and oxygen atoms in total. The van der Waals surface area contributed by atoms with E-state index in [0.29, 0.717) is 17.7 Å². The summed E-state index contributed by atoms with van der Waals surface area (Å²) >= 11 is 6.17. The molecule has 2 aromatic rings. The van der Waals surface area contributed by atoms with Crippen molar-refractivity contribution >= 4 is 17.6 Å². The number of halogens is 2. The molecule has 5 heteroatoms. The normalized spacial score (nSPS) is 13.2. The summed E-state index contributed by atoms with van der Waals surface area (Å²) in [6.45, 7) is 1.77. The first-order valence-electron chi connectivity index (χ1n) is 7.15. The second-order valence-corrected chi connectivity index (χ2v) is 6.22. The van der Waals surface area contributed by atoms with E-state index in [1.54, 1.807) is 37.3 Å². The summed E-state index contributed by atoms with van der Waals surface area (Å²) in [6, 6.07) is 13.6. The Bertz CT molecular complexity index is 668. The van der Waals surface area contributed by atoms with E-state index >= 15 is 0 Å². The molecule has 0 spiro atoms. The van der Waals surface area contributed by atoms with E-state index in [4.69, 9.17) is 16.3 Å². The minimum atomic E-state index is -1.11. The van der Waals surface area contributed by atoms with Crippen LogP contribution in [0, 0.1) is 5.82 Å². The van der Waals surface area contributed by atoms with E-state index in [1.807, 2.05) is 12.1 Å². The minimum absolute atomic E-state index is 0.154. The number of methoxy groups -OCH3 is 1. The van der Waals surface area contributed by atoms with Gasteiger partial charge in [0.1, 0.15) is 23.0 Å². The lowest BCUT2D eigenvalue weighted by Crippen LogP contribution is -2.32. The molecule has 2 rings (SSSR count). The van der Waals surface area contributed by atoms with E-state index < -0.39 is 10.8 Å². The van der Waals surface area contributed by atoms with E-state index in [1.165, 1.54) is 13.2 Å². The van der Waals surface area contributed by atoms with Gasteiger partial charge in [-0.15, -0.1) is 11.6 Å². The standard InChI is InChI=1S/C18H18ClFO3/c1-18(19,17(21)22-2)11-13-7-9-15(10-8-13)23-12-14-5-3-4-6-16(14)20/h3-10H,11-12H2,1-2H3. The summed E-state index contributed by atoms with van der Waals surface area (Å²) in [4.78, 5) is 10.5. The number of hydrogen-bond donors (Lipinski definition) is 0. The Morgan fingerprint density at radius 1 is 1.17 bits per heavy atom. The van der Waals surface area contributed by atoms with Crippen molar-refractivity contribution in [3.8, 4) is 5.75 Å². The molecule has 0 N–H and O–H groups in total. The predicted molar refractivity (Wildman–Crippen MR) is 87.2 cm³/mol. The van der Waals surface area contributed by atoms with Crippen LogP contribution >= 0.6 is 11.6 Å². The van der Waals surface area contributed by atoms with Crippen molar-refractivity contribution in [2.24, 2.45) is 0 Å². The average Bonchev–Trinajstić information content (AvgIpc) is 2.54. The van der Waals surface area contributed by atoms with Crippen LogP contribution in [-0.2, 0) is 22.6 Å². The fourth-order valence-corrected chi connectivity index (χ4v) is 2.38. The molecule has 0 aliphatic rings. The number of esters is 1. The second kappa shape index (κ2) is 7.47. The largest absolute Gasteiger partial charge is 0.489 e. The third-order valence-corrected chi connectivity index (χ3v) is 3.71. The van der Waals surface area contributed by atoms with Crippen LogP contribution in [0.25, 0.3) is 0 Å². The number of rotatable bonds is 6. The quantitative estimate of drug-likeness (QED) is 0.588. The van der Waals surface area contributed by atoms with Crippen molar-refractivity contribution in [1.29, 1.82) is 0 Å². The van der Waals surface area contributed by atoms with Crippen LogP contribution in [0.15, 0.2) is 48.5 Å². The first-order valence-corrected chi connectivity index (χ1v) is 7.52. The van der Waals surface area contributed by atoms with Gasteiger partial charge >= 0.3 is 5.97 Å². The monoisotopic (exact) mass is 336 g/mol. The van der Waals surface area contributed by atoms with Crippen molar-refractivity contribution < 1.29 is 18.7 Å². The molecular formula is C18H18ClFO3. The number of alkyl halides is 1. The first-order chi connectivity index (χ1) is 10.9. The third-order valence-electron chi connectivity index (χ3n) is 3.42. The van der Waals surface area contributed by atoms with Gasteiger partial charge in [0.15, 0.2) is 0 Å². The number of benzene rings is 2. The van der Waals surface area contributed by atoms with Gasteiger partial charge in [0.05, 0.1) is 7.11 Å². The number of carbonyl (C=O) groups is 1. The van der Waals surface area contributed by atoms with Gasteiger partial charge in [-0.2, -0.15) is 0 Å². The number of hydrogen-bond acceptors (Lipinski definition) is 3. The smallest absolute Gasteiger partial charge is 0.326 e. The zero-order chi connectivity index (χ0) is 16.9. The van der Waals surface area contributed by atoms with Gasteiger partial charge in [-0.05, 0) is 30.7 Å². The van der Waals surface area contributed by atoms with Crippen molar-refractivity contribution in [3.05, 3.63) is 65.5 Å². The topological polar surface area (TPSA) is 35.5 Å². The zero-order valence-electron chi connectivity index (χ0n) is 13.0. The van der Waals surface area contributed by atoms with Gasteiger partial charge in [-0.1, -0.05) is 30.3 Å². The second-order valence-electron chi connectivity index (χ2n) is 5.39. The van der Waals surface area contributed by atoms with Gasteiger partial charge in [0.2, 0.25) is 0 Å². The van der Waals surface area contributed by atoms with E-state index in [2.05, 4.69) is 4.74 Å². The summed E-state index contributed by atoms with van der Waals surface area (Å²) in [5.74, 6) is -0.148. The lowest BCUT2D eigenvalue weighted by atomic mass is 10.0. The molecular weight excluding hydrogens is 319 g/mol. The highest BCUT2D eigenvalue weighted by Gasteiger charge is 2.31. The fourth-order valence-electron chi connectivity index (χ4n) is 2.15. The molecule has 0 fully saturated rings. The Morgan fingerprint density at radius 3 is 2.43 bits per heavy atom. The lowest BCUT2D eigenvalue weighted by Gasteiger charge is -2.19. The Labute approximate surface area is 140 Å². The Kier molecular flexibility index (Phi) is 5.61. The van der Waals surface area contributed by atoms with Crippen molar-refractivity contribution in [1.82, 2.24) is 0 Å². The molecule has 122 valence electrons. The fraction of sp³-hybridized carbons (Fsp3) is 0.278. The molecule has 0 aliphatic carbocycles. The molecule has 23 heavy (non-hydrogen) atoms. The van der Waals surface area contributed by atoms with Gasteiger partial charge in [-0.3, -0.25) is 4.79 Å². The predicted octanol–water partition coefficient (Wildman–Crippen LogP) is 4.12. The van der Waals surface area contributed by atoms with Crippen LogP contribution < -0.4 is 4.74 Å².